The fourth-order valence-electron chi connectivity index (χ4n) is 5.74. The molecular weight excluding hydrogens is 478 g/mol. The van der Waals surface area contributed by atoms with E-state index in [0.717, 1.165) is 25.8 Å². The number of hydrogen-bond donors (Lipinski definition) is 3. The van der Waals surface area contributed by atoms with E-state index in [0.29, 0.717) is 33.6 Å². The van der Waals surface area contributed by atoms with Crippen molar-refractivity contribution in [2.24, 2.45) is 0 Å². The lowest BCUT2D eigenvalue weighted by molar-refractivity contribution is -0.112. The number of anilines is 1. The summed E-state index contributed by atoms with van der Waals surface area (Å²) in [5.74, 6) is 0.662. The van der Waals surface area contributed by atoms with Gasteiger partial charge in [0.2, 0.25) is 8.32 Å². The number of unbranched alkanes of at least 4 members (excludes halogenated alkanes) is 2. The lowest BCUT2D eigenvalue weighted by Crippen LogP contribution is -2.49. The van der Waals surface area contributed by atoms with Crippen LogP contribution >= 0.6 is 0 Å². The molecule has 204 valence electrons. The number of aliphatic hydroxyl groups excluding tert-OH is 2. The topological polar surface area (TPSA) is 124 Å². The minimum absolute atomic E-state index is 0.0480. The molecule has 1 aliphatic rings. The second-order valence-corrected chi connectivity index (χ2v) is 16.1. The largest absolute Gasteiger partial charge is 0.394 e. The van der Waals surface area contributed by atoms with E-state index in [9.17, 15) is 10.2 Å². The van der Waals surface area contributed by atoms with Crippen molar-refractivity contribution in [3.05, 3.63) is 12.7 Å². The van der Waals surface area contributed by atoms with Crippen molar-refractivity contribution in [3.63, 3.8) is 0 Å². The van der Waals surface area contributed by atoms with Crippen LogP contribution in [0.2, 0.25) is 16.6 Å². The number of nitrogens with zero attached hydrogens (tertiary/aromatic N) is 4. The molecule has 3 rings (SSSR count). The zero-order chi connectivity index (χ0) is 26.5. The molecule has 2 aromatic heterocycles. The van der Waals surface area contributed by atoms with Gasteiger partial charge >= 0.3 is 0 Å². The van der Waals surface area contributed by atoms with Crippen LogP contribution in [0, 0.1) is 0 Å². The van der Waals surface area contributed by atoms with E-state index in [4.69, 9.17) is 13.9 Å². The molecule has 10 nitrogen and oxygen atoms in total. The summed E-state index contributed by atoms with van der Waals surface area (Å²) < 4.78 is 20.5. The van der Waals surface area contributed by atoms with Gasteiger partial charge in [-0.25, -0.2) is 15.0 Å². The molecule has 36 heavy (non-hydrogen) atoms. The molecule has 1 aliphatic heterocycles. The molecule has 3 heterocycles. The van der Waals surface area contributed by atoms with Crippen LogP contribution in [0.15, 0.2) is 12.7 Å². The van der Waals surface area contributed by atoms with Gasteiger partial charge in [-0.05, 0) is 23.0 Å². The normalized spacial score (nSPS) is 23.0. The summed E-state index contributed by atoms with van der Waals surface area (Å²) in [6.07, 6.45) is 3.16. The second-order valence-electron chi connectivity index (χ2n) is 10.6. The van der Waals surface area contributed by atoms with E-state index < -0.39 is 32.9 Å². The number of aliphatic hydroxyl groups is 2. The Morgan fingerprint density at radius 1 is 1.08 bits per heavy atom. The predicted octanol–water partition coefficient (Wildman–Crippen LogP) is 4.21. The third-order valence-corrected chi connectivity index (χ3v) is 13.5. The van der Waals surface area contributed by atoms with Crippen molar-refractivity contribution in [1.29, 1.82) is 0 Å². The molecule has 0 spiro atoms. The predicted molar refractivity (Wildman–Crippen MR) is 142 cm³/mol. The van der Waals surface area contributed by atoms with Crippen molar-refractivity contribution in [2.45, 2.75) is 109 Å². The molecule has 4 atom stereocenters. The molecular formula is C25H45N5O5Si. The van der Waals surface area contributed by atoms with Gasteiger partial charge in [-0.3, -0.25) is 4.57 Å². The maximum absolute atomic E-state index is 10.9. The molecule has 2 aromatic rings. The molecule has 0 unspecified atom stereocenters. The Morgan fingerprint density at radius 3 is 2.39 bits per heavy atom. The highest BCUT2D eigenvalue weighted by molar-refractivity contribution is 6.77. The van der Waals surface area contributed by atoms with Crippen molar-refractivity contribution in [2.75, 3.05) is 25.3 Å². The average molecular weight is 524 g/mol. The van der Waals surface area contributed by atoms with Crippen LogP contribution in [-0.4, -0.2) is 76.3 Å². The van der Waals surface area contributed by atoms with Gasteiger partial charge in [0.15, 0.2) is 23.2 Å². The van der Waals surface area contributed by atoms with Gasteiger partial charge in [-0.2, -0.15) is 0 Å². The van der Waals surface area contributed by atoms with Crippen LogP contribution < -0.4 is 5.32 Å². The summed E-state index contributed by atoms with van der Waals surface area (Å²) in [5.41, 5.74) is 2.42. The van der Waals surface area contributed by atoms with E-state index >= 15 is 0 Å². The first-order valence-corrected chi connectivity index (χ1v) is 15.4. The number of ether oxygens (including phenoxy) is 2. The molecule has 3 N–H and O–H groups in total. The molecule has 0 radical (unpaired) electrons. The number of hydrogen-bond acceptors (Lipinski definition) is 9. The molecule has 0 aliphatic carbocycles. The first-order chi connectivity index (χ1) is 17.2. The van der Waals surface area contributed by atoms with Crippen LogP contribution in [0.3, 0.4) is 0 Å². The third-order valence-electron chi connectivity index (χ3n) is 7.47. The van der Waals surface area contributed by atoms with E-state index in [1.54, 1.807) is 10.9 Å². The summed E-state index contributed by atoms with van der Waals surface area (Å²) in [5, 5.41) is 24.1. The van der Waals surface area contributed by atoms with Gasteiger partial charge in [0.25, 0.3) is 0 Å². The van der Waals surface area contributed by atoms with Gasteiger partial charge in [0, 0.05) is 6.54 Å². The number of fused-ring (bicyclic) bond motifs is 1. The Balaban J connectivity index is 1.82. The van der Waals surface area contributed by atoms with Gasteiger partial charge in [0.05, 0.1) is 12.9 Å². The van der Waals surface area contributed by atoms with Gasteiger partial charge in [-0.15, -0.1) is 0 Å². The van der Waals surface area contributed by atoms with E-state index in [-0.39, 0.29) is 13.4 Å². The smallest absolute Gasteiger partial charge is 0.203 e. The SMILES string of the molecule is CCCCCNc1ncnc2c1ncn2[C@@H]1O[C@H](CO)[C@@H](O)[C@H]1OCO[Si](C(C)C)(C(C)C)C(C)C. The Hall–Kier alpha value is -1.63. The van der Waals surface area contributed by atoms with Crippen LogP contribution in [0.4, 0.5) is 5.82 Å². The zero-order valence-corrected chi connectivity index (χ0v) is 23.8. The second kappa shape index (κ2) is 12.7. The summed E-state index contributed by atoms with van der Waals surface area (Å²) in [6.45, 7) is 16.0. The van der Waals surface area contributed by atoms with Crippen LogP contribution in [0.1, 0.15) is 74.0 Å². The van der Waals surface area contributed by atoms with Gasteiger partial charge < -0.3 is 29.4 Å². The summed E-state index contributed by atoms with van der Waals surface area (Å²) >= 11 is 0. The Bertz CT molecular complexity index is 934. The molecule has 0 amide bonds. The number of nitrogens with one attached hydrogen (secondary N) is 1. The molecule has 1 fully saturated rings. The lowest BCUT2D eigenvalue weighted by Gasteiger charge is -2.42. The molecule has 0 bridgehead atoms. The van der Waals surface area contributed by atoms with E-state index in [1.807, 2.05) is 0 Å². The summed E-state index contributed by atoms with van der Waals surface area (Å²) in [7, 11) is -2.15. The number of rotatable bonds is 14. The van der Waals surface area contributed by atoms with E-state index in [2.05, 4.69) is 68.7 Å². The van der Waals surface area contributed by atoms with E-state index in [1.165, 1.54) is 6.33 Å². The zero-order valence-electron chi connectivity index (χ0n) is 22.8. The number of imidazole rings is 1. The third kappa shape index (κ3) is 5.76. The molecule has 0 saturated carbocycles. The van der Waals surface area contributed by atoms with Crippen molar-refractivity contribution in [1.82, 2.24) is 19.5 Å². The molecule has 1 saturated heterocycles. The highest BCUT2D eigenvalue weighted by Crippen LogP contribution is 2.42. The van der Waals surface area contributed by atoms with Gasteiger partial charge in [-0.1, -0.05) is 61.3 Å². The van der Waals surface area contributed by atoms with Crippen molar-refractivity contribution < 1.29 is 24.1 Å². The first kappa shape index (κ1) is 28.9. The quantitative estimate of drug-likeness (QED) is 0.190. The van der Waals surface area contributed by atoms with Gasteiger partial charge in [0.1, 0.15) is 31.4 Å². The molecule has 11 heteroatoms. The average Bonchev–Trinajstić information content (AvgIpc) is 3.40. The summed E-state index contributed by atoms with van der Waals surface area (Å²) in [4.78, 5) is 13.3. The fourth-order valence-corrected chi connectivity index (χ4v) is 11.0. The maximum atomic E-state index is 10.9. The van der Waals surface area contributed by atoms with Crippen LogP contribution in [-0.2, 0) is 13.9 Å². The maximum Gasteiger partial charge on any atom is 0.203 e. The van der Waals surface area contributed by atoms with Crippen molar-refractivity contribution >= 4 is 25.3 Å². The number of aromatic nitrogens is 4. The summed E-state index contributed by atoms with van der Waals surface area (Å²) in [6, 6.07) is 0. The Labute approximate surface area is 215 Å². The Morgan fingerprint density at radius 2 is 1.78 bits per heavy atom. The highest BCUT2D eigenvalue weighted by Gasteiger charge is 2.48. The lowest BCUT2D eigenvalue weighted by atomic mass is 10.1. The highest BCUT2D eigenvalue weighted by atomic mass is 28.4. The first-order valence-electron chi connectivity index (χ1n) is 13.3. The van der Waals surface area contributed by atoms with Crippen LogP contribution in [0.25, 0.3) is 11.2 Å². The fraction of sp³-hybridized carbons (Fsp3) is 0.800. The minimum Gasteiger partial charge on any atom is -0.394 e. The van der Waals surface area contributed by atoms with Crippen molar-refractivity contribution in [3.8, 4) is 0 Å². The monoisotopic (exact) mass is 523 g/mol. The minimum atomic E-state index is -2.15. The van der Waals surface area contributed by atoms with Crippen LogP contribution in [0.5, 0.6) is 0 Å². The standard InChI is InChI=1S/C25H45N5O5Si/c1-8-9-10-11-26-23-20-24(28-13-27-23)30(14-29-20)25-22(21(32)19(12-31)35-25)33-15-34-36(16(2)3,17(4)5)18(6)7/h13-14,16-19,21-22,25,31-32H,8-12,15H2,1-7H3,(H,26,27,28)/t19-,21-,22-,25-/m1/s1. The molecule has 0 aromatic carbocycles. The Kier molecular flexibility index (Phi) is 10.2.